The molecule has 2 aromatic heterocycles. The highest BCUT2D eigenvalue weighted by Gasteiger charge is 2.22. The Morgan fingerprint density at radius 3 is 2.67 bits per heavy atom. The van der Waals surface area contributed by atoms with Crippen molar-refractivity contribution >= 4 is 32.8 Å². The average Bonchev–Trinajstić information content (AvgIpc) is 3.03. The zero-order valence-corrected chi connectivity index (χ0v) is 14.1. The standard InChI is InChI=1S/C15H18N6O2S/c1-10(2)24(22,23)12-6-4-3-5-11(12)18-15-9-13(20-16)19-14-7-8-17-21(14)15/h3-10,18H,16H2,1-2H3,(H,19,20). The minimum absolute atomic E-state index is 0.236. The van der Waals surface area contributed by atoms with Crippen molar-refractivity contribution in [2.75, 3.05) is 10.7 Å². The molecule has 0 atom stereocenters. The second-order valence-electron chi connectivity index (χ2n) is 5.49. The van der Waals surface area contributed by atoms with Crippen LogP contribution in [0.3, 0.4) is 0 Å². The number of aromatic nitrogens is 3. The molecule has 0 spiro atoms. The van der Waals surface area contributed by atoms with Gasteiger partial charge in [0.1, 0.15) is 11.6 Å². The third kappa shape index (κ3) is 2.79. The first-order valence-corrected chi connectivity index (χ1v) is 8.89. The minimum atomic E-state index is -3.43. The summed E-state index contributed by atoms with van der Waals surface area (Å²) >= 11 is 0. The number of hydrazine groups is 1. The summed E-state index contributed by atoms with van der Waals surface area (Å²) in [6.07, 6.45) is 1.60. The van der Waals surface area contributed by atoms with E-state index in [4.69, 9.17) is 5.84 Å². The smallest absolute Gasteiger partial charge is 0.182 e. The van der Waals surface area contributed by atoms with Crippen molar-refractivity contribution in [1.29, 1.82) is 0 Å². The fourth-order valence-electron chi connectivity index (χ4n) is 2.29. The van der Waals surface area contributed by atoms with E-state index in [0.717, 1.165) is 0 Å². The molecule has 126 valence electrons. The first-order chi connectivity index (χ1) is 11.4. The van der Waals surface area contributed by atoms with Crippen LogP contribution in [0.4, 0.5) is 17.3 Å². The zero-order valence-electron chi connectivity index (χ0n) is 13.3. The fourth-order valence-corrected chi connectivity index (χ4v) is 3.49. The maximum absolute atomic E-state index is 12.6. The van der Waals surface area contributed by atoms with E-state index in [2.05, 4.69) is 20.8 Å². The summed E-state index contributed by atoms with van der Waals surface area (Å²) in [5, 5.41) is 6.79. The number of nitrogen functional groups attached to an aromatic ring is 1. The monoisotopic (exact) mass is 346 g/mol. The van der Waals surface area contributed by atoms with Crippen LogP contribution in [0.15, 0.2) is 47.5 Å². The molecule has 3 aromatic rings. The predicted molar refractivity (Wildman–Crippen MR) is 92.8 cm³/mol. The first kappa shape index (κ1) is 16.2. The van der Waals surface area contributed by atoms with E-state index in [1.807, 2.05) is 0 Å². The molecule has 0 unspecified atom stereocenters. The molecule has 2 heterocycles. The number of benzene rings is 1. The molecule has 4 N–H and O–H groups in total. The Morgan fingerprint density at radius 2 is 1.96 bits per heavy atom. The van der Waals surface area contributed by atoms with Crippen LogP contribution in [-0.2, 0) is 9.84 Å². The second kappa shape index (κ2) is 6.10. The van der Waals surface area contributed by atoms with E-state index in [0.29, 0.717) is 23.0 Å². The van der Waals surface area contributed by atoms with Gasteiger partial charge in [-0.05, 0) is 26.0 Å². The quantitative estimate of drug-likeness (QED) is 0.478. The zero-order chi connectivity index (χ0) is 17.3. The Balaban J connectivity index is 2.12. The number of anilines is 3. The number of rotatable bonds is 5. The van der Waals surface area contributed by atoms with Gasteiger partial charge in [-0.3, -0.25) is 0 Å². The number of hydrogen-bond acceptors (Lipinski definition) is 7. The lowest BCUT2D eigenvalue weighted by molar-refractivity contribution is 0.588. The van der Waals surface area contributed by atoms with E-state index in [1.54, 1.807) is 61.0 Å². The molecule has 0 radical (unpaired) electrons. The Kier molecular flexibility index (Phi) is 4.12. The van der Waals surface area contributed by atoms with Gasteiger partial charge in [-0.15, -0.1) is 0 Å². The van der Waals surface area contributed by atoms with Crippen LogP contribution in [0, 0.1) is 0 Å². The van der Waals surface area contributed by atoms with Crippen LogP contribution >= 0.6 is 0 Å². The molecule has 0 aliphatic rings. The van der Waals surface area contributed by atoms with Crippen molar-refractivity contribution in [3.05, 3.63) is 42.6 Å². The molecule has 24 heavy (non-hydrogen) atoms. The molecule has 8 nitrogen and oxygen atoms in total. The topological polar surface area (TPSA) is 114 Å². The van der Waals surface area contributed by atoms with Gasteiger partial charge < -0.3 is 10.7 Å². The van der Waals surface area contributed by atoms with Gasteiger partial charge in [0, 0.05) is 12.1 Å². The largest absolute Gasteiger partial charge is 0.339 e. The molecule has 0 saturated carbocycles. The van der Waals surface area contributed by atoms with Crippen molar-refractivity contribution in [3.63, 3.8) is 0 Å². The van der Waals surface area contributed by atoms with Crippen molar-refractivity contribution in [2.45, 2.75) is 24.0 Å². The Hall–Kier alpha value is -2.65. The van der Waals surface area contributed by atoms with Crippen LogP contribution in [-0.4, -0.2) is 28.3 Å². The van der Waals surface area contributed by atoms with Gasteiger partial charge in [-0.2, -0.15) is 9.61 Å². The summed E-state index contributed by atoms with van der Waals surface area (Å²) in [4.78, 5) is 4.50. The van der Waals surface area contributed by atoms with Crippen molar-refractivity contribution in [3.8, 4) is 0 Å². The highest BCUT2D eigenvalue weighted by atomic mass is 32.2. The third-order valence-electron chi connectivity index (χ3n) is 3.58. The minimum Gasteiger partial charge on any atom is -0.339 e. The molecule has 0 amide bonds. The second-order valence-corrected chi connectivity index (χ2v) is 7.96. The molecule has 9 heteroatoms. The lowest BCUT2D eigenvalue weighted by atomic mass is 10.3. The molecule has 0 aliphatic carbocycles. The Morgan fingerprint density at radius 1 is 1.21 bits per heavy atom. The highest BCUT2D eigenvalue weighted by molar-refractivity contribution is 7.92. The number of fused-ring (bicyclic) bond motifs is 1. The number of nitrogens with one attached hydrogen (secondary N) is 2. The predicted octanol–water partition coefficient (Wildman–Crippen LogP) is 1.94. The van der Waals surface area contributed by atoms with Gasteiger partial charge in [-0.25, -0.2) is 19.2 Å². The van der Waals surface area contributed by atoms with Crippen molar-refractivity contribution < 1.29 is 8.42 Å². The lowest BCUT2D eigenvalue weighted by Gasteiger charge is -2.15. The van der Waals surface area contributed by atoms with Gasteiger partial charge >= 0.3 is 0 Å². The lowest BCUT2D eigenvalue weighted by Crippen LogP contribution is -2.16. The number of nitrogens with zero attached hydrogens (tertiary/aromatic N) is 3. The SMILES string of the molecule is CC(C)S(=O)(=O)c1ccccc1Nc1cc(NN)nc2ccnn12. The van der Waals surface area contributed by atoms with E-state index >= 15 is 0 Å². The number of para-hydroxylation sites is 1. The Labute approximate surface area is 139 Å². The summed E-state index contributed by atoms with van der Waals surface area (Å²) in [5.74, 6) is 6.43. The van der Waals surface area contributed by atoms with E-state index < -0.39 is 15.1 Å². The van der Waals surface area contributed by atoms with Crippen molar-refractivity contribution in [2.24, 2.45) is 5.84 Å². The van der Waals surface area contributed by atoms with Gasteiger partial charge in [0.15, 0.2) is 15.5 Å². The molecule has 0 aliphatic heterocycles. The molecular formula is C15H18N6O2S. The highest BCUT2D eigenvalue weighted by Crippen LogP contribution is 2.28. The number of hydrogen-bond donors (Lipinski definition) is 3. The van der Waals surface area contributed by atoms with E-state index in [1.165, 1.54) is 0 Å². The van der Waals surface area contributed by atoms with Gasteiger partial charge in [0.25, 0.3) is 0 Å². The van der Waals surface area contributed by atoms with Crippen molar-refractivity contribution in [1.82, 2.24) is 14.6 Å². The maximum atomic E-state index is 12.6. The van der Waals surface area contributed by atoms with Crippen LogP contribution in [0.2, 0.25) is 0 Å². The molecular weight excluding hydrogens is 328 g/mol. The summed E-state index contributed by atoms with van der Waals surface area (Å²) in [6.45, 7) is 3.31. The summed E-state index contributed by atoms with van der Waals surface area (Å²) in [6, 6.07) is 10.1. The summed E-state index contributed by atoms with van der Waals surface area (Å²) in [5.41, 5.74) is 3.54. The number of nitrogens with two attached hydrogens (primary N) is 1. The Bertz CT molecular complexity index is 981. The van der Waals surface area contributed by atoms with Crippen LogP contribution < -0.4 is 16.6 Å². The van der Waals surface area contributed by atoms with Crippen LogP contribution in [0.1, 0.15) is 13.8 Å². The fraction of sp³-hybridized carbons (Fsp3) is 0.200. The summed E-state index contributed by atoms with van der Waals surface area (Å²) in [7, 11) is -3.43. The molecule has 1 aromatic carbocycles. The number of sulfone groups is 1. The van der Waals surface area contributed by atoms with Gasteiger partial charge in [0.2, 0.25) is 0 Å². The van der Waals surface area contributed by atoms with E-state index in [9.17, 15) is 8.42 Å². The normalized spacial score (nSPS) is 11.8. The van der Waals surface area contributed by atoms with Gasteiger partial charge in [-0.1, -0.05) is 12.1 Å². The first-order valence-electron chi connectivity index (χ1n) is 7.35. The van der Waals surface area contributed by atoms with Gasteiger partial charge in [0.05, 0.1) is 22.0 Å². The van der Waals surface area contributed by atoms with Crippen LogP contribution in [0.25, 0.3) is 5.65 Å². The maximum Gasteiger partial charge on any atom is 0.182 e. The molecule has 0 bridgehead atoms. The molecule has 0 saturated heterocycles. The molecule has 3 rings (SSSR count). The third-order valence-corrected chi connectivity index (χ3v) is 5.79. The average molecular weight is 346 g/mol. The molecule has 0 fully saturated rings. The van der Waals surface area contributed by atoms with Crippen LogP contribution in [0.5, 0.6) is 0 Å². The summed E-state index contributed by atoms with van der Waals surface area (Å²) < 4.78 is 26.7. The van der Waals surface area contributed by atoms with E-state index in [-0.39, 0.29) is 4.90 Å².